The van der Waals surface area contributed by atoms with Crippen LogP contribution in [0.5, 0.6) is 0 Å². The van der Waals surface area contributed by atoms with Crippen LogP contribution in [0.15, 0.2) is 0 Å². The molecule has 20 heavy (non-hydrogen) atoms. The molecule has 6 heteroatoms. The fourth-order valence-corrected chi connectivity index (χ4v) is 5.37. The summed E-state index contributed by atoms with van der Waals surface area (Å²) in [4.78, 5) is 21.8. The summed E-state index contributed by atoms with van der Waals surface area (Å²) in [5.41, 5.74) is 0. The highest BCUT2D eigenvalue weighted by atomic mass is 32.2. The van der Waals surface area contributed by atoms with Gasteiger partial charge in [-0.2, -0.15) is 0 Å². The molecule has 0 aliphatic heterocycles. The summed E-state index contributed by atoms with van der Waals surface area (Å²) in [7, 11) is -0.935. The van der Waals surface area contributed by atoms with Crippen molar-refractivity contribution in [1.82, 2.24) is 0 Å². The van der Waals surface area contributed by atoms with E-state index in [1.807, 2.05) is 0 Å². The smallest absolute Gasteiger partial charge is 0.306 e. The van der Waals surface area contributed by atoms with Gasteiger partial charge in [-0.3, -0.25) is 13.8 Å². The van der Waals surface area contributed by atoms with E-state index in [-0.39, 0.29) is 22.3 Å². The molecule has 2 saturated carbocycles. The molecular weight excluding hydrogens is 280 g/mol. The van der Waals surface area contributed by atoms with Crippen LogP contribution in [0.3, 0.4) is 0 Å². The van der Waals surface area contributed by atoms with Crippen LogP contribution in [0.4, 0.5) is 0 Å². The molecule has 0 aromatic carbocycles. The third-order valence-corrected chi connectivity index (χ3v) is 6.96. The predicted octanol–water partition coefficient (Wildman–Crippen LogP) is 2.02. The first-order chi connectivity index (χ1) is 9.49. The molecule has 2 N–H and O–H groups in total. The number of hydrogen-bond acceptors (Lipinski definition) is 3. The second-order valence-electron chi connectivity index (χ2n) is 5.95. The Morgan fingerprint density at radius 2 is 1.00 bits per heavy atom. The topological polar surface area (TPSA) is 91.7 Å². The molecule has 0 spiro atoms. The normalized spacial score (nSPS) is 36.2. The van der Waals surface area contributed by atoms with Gasteiger partial charge in [0.1, 0.15) is 0 Å². The van der Waals surface area contributed by atoms with Gasteiger partial charge in [0.05, 0.1) is 11.8 Å². The summed E-state index contributed by atoms with van der Waals surface area (Å²) in [6, 6.07) is 0. The predicted molar refractivity (Wildman–Crippen MR) is 74.9 cm³/mol. The van der Waals surface area contributed by atoms with Crippen LogP contribution in [0, 0.1) is 11.8 Å². The van der Waals surface area contributed by atoms with Crippen molar-refractivity contribution < 1.29 is 24.0 Å². The lowest BCUT2D eigenvalue weighted by Gasteiger charge is -2.31. The monoisotopic (exact) mass is 302 g/mol. The van der Waals surface area contributed by atoms with Crippen LogP contribution >= 0.6 is 0 Å². The van der Waals surface area contributed by atoms with Gasteiger partial charge in [-0.15, -0.1) is 0 Å². The number of aliphatic carboxylic acids is 2. The highest BCUT2D eigenvalue weighted by molar-refractivity contribution is 7.86. The van der Waals surface area contributed by atoms with E-state index >= 15 is 0 Å². The van der Waals surface area contributed by atoms with Crippen molar-refractivity contribution in [3.05, 3.63) is 0 Å². The molecule has 2 rings (SSSR count). The zero-order valence-electron chi connectivity index (χ0n) is 11.5. The molecule has 0 unspecified atom stereocenters. The van der Waals surface area contributed by atoms with Gasteiger partial charge in [0.2, 0.25) is 0 Å². The van der Waals surface area contributed by atoms with Gasteiger partial charge in [-0.05, 0) is 51.4 Å². The molecule has 0 atom stereocenters. The van der Waals surface area contributed by atoms with E-state index in [1.54, 1.807) is 0 Å². The third kappa shape index (κ3) is 3.59. The lowest BCUT2D eigenvalue weighted by atomic mass is 9.89. The van der Waals surface area contributed by atoms with E-state index in [1.165, 1.54) is 0 Å². The van der Waals surface area contributed by atoms with E-state index in [2.05, 4.69) is 0 Å². The molecule has 2 aliphatic carbocycles. The summed E-state index contributed by atoms with van der Waals surface area (Å²) in [5.74, 6) is -2.02. The highest BCUT2D eigenvalue weighted by Gasteiger charge is 2.35. The fourth-order valence-electron chi connectivity index (χ4n) is 3.36. The van der Waals surface area contributed by atoms with Crippen LogP contribution in [0.1, 0.15) is 51.4 Å². The van der Waals surface area contributed by atoms with E-state index in [9.17, 15) is 13.8 Å². The molecule has 0 saturated heterocycles. The van der Waals surface area contributed by atoms with Crippen molar-refractivity contribution in [2.24, 2.45) is 11.8 Å². The van der Waals surface area contributed by atoms with Crippen molar-refractivity contribution >= 4 is 22.7 Å². The van der Waals surface area contributed by atoms with Crippen LogP contribution in [-0.4, -0.2) is 36.9 Å². The number of rotatable bonds is 4. The minimum atomic E-state index is -0.935. The van der Waals surface area contributed by atoms with Crippen molar-refractivity contribution in [3.63, 3.8) is 0 Å². The molecule has 0 amide bonds. The molecule has 5 nitrogen and oxygen atoms in total. The van der Waals surface area contributed by atoms with Crippen LogP contribution < -0.4 is 0 Å². The molecule has 2 fully saturated rings. The molecule has 114 valence electrons. The van der Waals surface area contributed by atoms with E-state index < -0.39 is 22.7 Å². The average molecular weight is 302 g/mol. The number of carboxylic acid groups (broad SMARTS) is 2. The van der Waals surface area contributed by atoms with Gasteiger partial charge in [0.25, 0.3) is 0 Å². The van der Waals surface area contributed by atoms with Crippen molar-refractivity contribution in [2.45, 2.75) is 61.9 Å². The van der Waals surface area contributed by atoms with Gasteiger partial charge < -0.3 is 10.2 Å². The van der Waals surface area contributed by atoms with E-state index in [0.29, 0.717) is 25.7 Å². The molecular formula is C14H22O5S. The average Bonchev–Trinajstić information content (AvgIpc) is 2.46. The number of carboxylic acids is 2. The molecule has 0 bridgehead atoms. The Balaban J connectivity index is 1.81. The molecule has 2 aliphatic rings. The molecule has 0 heterocycles. The van der Waals surface area contributed by atoms with Gasteiger partial charge in [-0.1, -0.05) is 0 Å². The lowest BCUT2D eigenvalue weighted by molar-refractivity contribution is -0.143. The van der Waals surface area contributed by atoms with E-state index in [4.69, 9.17) is 10.2 Å². The standard InChI is InChI=1S/C14H22O5S/c15-13(16)9-1-5-11(6-2-9)20(19)12-7-3-10(4-8-12)14(17)18/h9-12H,1-8H2,(H,15,16)(H,17,18). The SMILES string of the molecule is O=C(O)C1CCC(S(=O)C2CCC(C(=O)O)CC2)CC1. The van der Waals surface area contributed by atoms with Crippen LogP contribution in [0.25, 0.3) is 0 Å². The summed E-state index contributed by atoms with van der Waals surface area (Å²) in [6.07, 6.45) is 5.38. The minimum Gasteiger partial charge on any atom is -0.481 e. The number of hydrogen-bond donors (Lipinski definition) is 2. The molecule has 0 aromatic rings. The summed E-state index contributed by atoms with van der Waals surface area (Å²) < 4.78 is 12.5. The Labute approximate surface area is 121 Å². The van der Waals surface area contributed by atoms with Gasteiger partial charge in [-0.25, -0.2) is 0 Å². The molecule has 0 aromatic heterocycles. The van der Waals surface area contributed by atoms with Gasteiger partial charge in [0.15, 0.2) is 0 Å². The Morgan fingerprint density at radius 3 is 1.25 bits per heavy atom. The first-order valence-electron chi connectivity index (χ1n) is 7.34. The maximum atomic E-state index is 12.5. The Hall–Kier alpha value is -0.910. The van der Waals surface area contributed by atoms with Crippen LogP contribution in [-0.2, 0) is 20.4 Å². The molecule has 0 radical (unpaired) electrons. The Bertz CT molecular complexity index is 356. The summed E-state index contributed by atoms with van der Waals surface area (Å²) in [5, 5.41) is 18.1. The second kappa shape index (κ2) is 6.70. The maximum absolute atomic E-state index is 12.5. The zero-order valence-corrected chi connectivity index (χ0v) is 12.3. The van der Waals surface area contributed by atoms with Crippen molar-refractivity contribution in [1.29, 1.82) is 0 Å². The quantitative estimate of drug-likeness (QED) is 0.829. The summed E-state index contributed by atoms with van der Waals surface area (Å²) >= 11 is 0. The van der Waals surface area contributed by atoms with Crippen molar-refractivity contribution in [2.75, 3.05) is 0 Å². The maximum Gasteiger partial charge on any atom is 0.306 e. The largest absolute Gasteiger partial charge is 0.481 e. The highest BCUT2D eigenvalue weighted by Crippen LogP contribution is 2.34. The second-order valence-corrected chi connectivity index (χ2v) is 7.94. The number of carbonyl (C=O) groups is 2. The van der Waals surface area contributed by atoms with Gasteiger partial charge >= 0.3 is 11.9 Å². The van der Waals surface area contributed by atoms with Gasteiger partial charge in [0, 0.05) is 21.3 Å². The Morgan fingerprint density at radius 1 is 0.700 bits per heavy atom. The fraction of sp³-hybridized carbons (Fsp3) is 0.857. The third-order valence-electron chi connectivity index (χ3n) is 4.70. The lowest BCUT2D eigenvalue weighted by Crippen LogP contribution is -2.34. The van der Waals surface area contributed by atoms with Crippen LogP contribution in [0.2, 0.25) is 0 Å². The Kier molecular flexibility index (Phi) is 5.18. The first kappa shape index (κ1) is 15.5. The minimum absolute atomic E-state index is 0.108. The zero-order chi connectivity index (χ0) is 14.7. The van der Waals surface area contributed by atoms with Crippen molar-refractivity contribution in [3.8, 4) is 0 Å². The first-order valence-corrected chi connectivity index (χ1v) is 8.61. The summed E-state index contributed by atoms with van der Waals surface area (Å²) in [6.45, 7) is 0. The van der Waals surface area contributed by atoms with E-state index in [0.717, 1.165) is 25.7 Å².